The summed E-state index contributed by atoms with van der Waals surface area (Å²) in [6.07, 6.45) is 3.26. The summed E-state index contributed by atoms with van der Waals surface area (Å²) in [5.41, 5.74) is 1.02. The fourth-order valence-electron chi connectivity index (χ4n) is 1.94. The van der Waals surface area contributed by atoms with E-state index in [2.05, 4.69) is 10.2 Å². The van der Waals surface area contributed by atoms with E-state index in [1.807, 2.05) is 19.2 Å². The van der Waals surface area contributed by atoms with Gasteiger partial charge in [-0.25, -0.2) is 4.68 Å². The molecule has 2 rings (SSSR count). The minimum atomic E-state index is -1.04. The molecule has 2 aromatic rings. The first-order valence-electron chi connectivity index (χ1n) is 6.52. The lowest BCUT2D eigenvalue weighted by atomic mass is 10.3. The molecule has 0 radical (unpaired) electrons. The van der Waals surface area contributed by atoms with Crippen LogP contribution in [0.25, 0.3) is 0 Å². The van der Waals surface area contributed by atoms with Crippen molar-refractivity contribution in [2.24, 2.45) is 0 Å². The molecule has 0 fully saturated rings. The van der Waals surface area contributed by atoms with Crippen LogP contribution in [0.2, 0.25) is 0 Å². The van der Waals surface area contributed by atoms with Gasteiger partial charge in [-0.3, -0.25) is 14.3 Å². The molecule has 0 spiro atoms. The van der Waals surface area contributed by atoms with Crippen LogP contribution in [0.15, 0.2) is 24.5 Å². The highest BCUT2D eigenvalue weighted by molar-refractivity contribution is 5.92. The van der Waals surface area contributed by atoms with Gasteiger partial charge in [0, 0.05) is 26.0 Å². The molecule has 8 heteroatoms. The lowest BCUT2D eigenvalue weighted by Crippen LogP contribution is -2.29. The zero-order valence-corrected chi connectivity index (χ0v) is 11.9. The van der Waals surface area contributed by atoms with Crippen molar-refractivity contribution in [3.63, 3.8) is 0 Å². The Morgan fingerprint density at radius 1 is 1.38 bits per heavy atom. The molecular formula is C13H17N5O3. The monoisotopic (exact) mass is 291 g/mol. The van der Waals surface area contributed by atoms with Crippen LogP contribution in [0, 0.1) is 0 Å². The maximum absolute atomic E-state index is 12.3. The van der Waals surface area contributed by atoms with Gasteiger partial charge in [0.2, 0.25) is 0 Å². The summed E-state index contributed by atoms with van der Waals surface area (Å²) in [6.45, 7) is 2.76. The summed E-state index contributed by atoms with van der Waals surface area (Å²) in [5.74, 6) is -1.34. The van der Waals surface area contributed by atoms with Gasteiger partial charge >= 0.3 is 5.97 Å². The number of aliphatic carboxylic acids is 1. The van der Waals surface area contributed by atoms with Crippen molar-refractivity contribution in [2.45, 2.75) is 26.6 Å². The average molecular weight is 291 g/mol. The molecule has 0 saturated heterocycles. The lowest BCUT2D eigenvalue weighted by Gasteiger charge is -2.16. The van der Waals surface area contributed by atoms with Crippen molar-refractivity contribution in [3.8, 4) is 0 Å². The first kappa shape index (κ1) is 14.8. The third-order valence-corrected chi connectivity index (χ3v) is 2.99. The van der Waals surface area contributed by atoms with Crippen LogP contribution in [-0.4, -0.2) is 48.5 Å². The molecule has 0 bridgehead atoms. The lowest BCUT2D eigenvalue weighted by molar-refractivity contribution is -0.137. The Kier molecular flexibility index (Phi) is 4.36. The molecule has 21 heavy (non-hydrogen) atoms. The van der Waals surface area contributed by atoms with E-state index < -0.39 is 5.97 Å². The van der Waals surface area contributed by atoms with E-state index >= 15 is 0 Å². The second-order valence-electron chi connectivity index (χ2n) is 4.59. The predicted molar refractivity (Wildman–Crippen MR) is 73.6 cm³/mol. The van der Waals surface area contributed by atoms with E-state index in [1.54, 1.807) is 11.7 Å². The number of carboxylic acids is 1. The number of aryl methyl sites for hydroxylation is 1. The van der Waals surface area contributed by atoms with E-state index in [9.17, 15) is 9.59 Å². The van der Waals surface area contributed by atoms with Crippen LogP contribution >= 0.6 is 0 Å². The third kappa shape index (κ3) is 3.47. The maximum atomic E-state index is 12.3. The zero-order chi connectivity index (χ0) is 15.4. The first-order valence-corrected chi connectivity index (χ1v) is 6.52. The highest BCUT2D eigenvalue weighted by Gasteiger charge is 2.18. The minimum Gasteiger partial charge on any atom is -0.480 e. The van der Waals surface area contributed by atoms with E-state index in [-0.39, 0.29) is 18.1 Å². The number of carbonyl (C=O) groups is 2. The van der Waals surface area contributed by atoms with Gasteiger partial charge in [0.1, 0.15) is 12.2 Å². The average Bonchev–Trinajstić information content (AvgIpc) is 3.06. The standard InChI is InChI=1S/C13H17N5O3/c1-3-17-7-5-10(15-17)8-16(2)13(21)11-4-6-14-18(11)9-12(19)20/h4-7H,3,8-9H2,1-2H3,(H,19,20). The minimum absolute atomic E-state index is 0.245. The summed E-state index contributed by atoms with van der Waals surface area (Å²) in [6, 6.07) is 3.36. The number of hydrogen-bond donors (Lipinski definition) is 1. The van der Waals surface area contributed by atoms with Gasteiger partial charge in [0.05, 0.1) is 12.2 Å². The number of hydrogen-bond acceptors (Lipinski definition) is 4. The number of carbonyl (C=O) groups excluding carboxylic acids is 1. The van der Waals surface area contributed by atoms with Gasteiger partial charge in [0.25, 0.3) is 5.91 Å². The molecule has 8 nitrogen and oxygen atoms in total. The van der Waals surface area contributed by atoms with Gasteiger partial charge < -0.3 is 10.0 Å². The van der Waals surface area contributed by atoms with Crippen molar-refractivity contribution in [1.82, 2.24) is 24.5 Å². The Labute approximate surface area is 121 Å². The Hall–Kier alpha value is -2.64. The van der Waals surface area contributed by atoms with E-state index in [1.165, 1.54) is 21.8 Å². The Morgan fingerprint density at radius 2 is 2.14 bits per heavy atom. The smallest absolute Gasteiger partial charge is 0.325 e. The molecule has 1 N–H and O–H groups in total. The second-order valence-corrected chi connectivity index (χ2v) is 4.59. The molecule has 0 unspecified atom stereocenters. The van der Waals surface area contributed by atoms with Gasteiger partial charge in [-0.1, -0.05) is 0 Å². The van der Waals surface area contributed by atoms with E-state index in [0.717, 1.165) is 12.2 Å². The van der Waals surface area contributed by atoms with E-state index in [4.69, 9.17) is 5.11 Å². The molecule has 2 heterocycles. The number of rotatable bonds is 6. The molecule has 0 aliphatic heterocycles. The van der Waals surface area contributed by atoms with Crippen molar-refractivity contribution in [3.05, 3.63) is 35.9 Å². The SMILES string of the molecule is CCn1ccc(CN(C)C(=O)c2ccnn2CC(=O)O)n1. The fraction of sp³-hybridized carbons (Fsp3) is 0.385. The largest absolute Gasteiger partial charge is 0.480 e. The Bertz CT molecular complexity index is 646. The molecule has 2 aromatic heterocycles. The number of amides is 1. The quantitative estimate of drug-likeness (QED) is 0.834. The second kappa shape index (κ2) is 6.21. The first-order chi connectivity index (χ1) is 10.0. The summed E-state index contributed by atoms with van der Waals surface area (Å²) in [7, 11) is 1.64. The summed E-state index contributed by atoms with van der Waals surface area (Å²) in [4.78, 5) is 24.5. The molecular weight excluding hydrogens is 274 g/mol. The Balaban J connectivity index is 2.08. The summed E-state index contributed by atoms with van der Waals surface area (Å²) in [5, 5.41) is 17.0. The van der Waals surface area contributed by atoms with Crippen LogP contribution in [0.1, 0.15) is 23.1 Å². The third-order valence-electron chi connectivity index (χ3n) is 2.99. The predicted octanol–water partition coefficient (Wildman–Crippen LogP) is 0.456. The topological polar surface area (TPSA) is 93.2 Å². The molecule has 0 aliphatic rings. The van der Waals surface area contributed by atoms with Gasteiger partial charge in [0.15, 0.2) is 0 Å². The molecule has 0 aromatic carbocycles. The van der Waals surface area contributed by atoms with Gasteiger partial charge in [-0.15, -0.1) is 0 Å². The van der Waals surface area contributed by atoms with Crippen LogP contribution in [0.5, 0.6) is 0 Å². The number of nitrogens with zero attached hydrogens (tertiary/aromatic N) is 5. The highest BCUT2D eigenvalue weighted by Crippen LogP contribution is 2.07. The molecule has 1 amide bonds. The van der Waals surface area contributed by atoms with Crippen molar-refractivity contribution in [2.75, 3.05) is 7.05 Å². The van der Waals surface area contributed by atoms with E-state index in [0.29, 0.717) is 6.54 Å². The van der Waals surface area contributed by atoms with Crippen LogP contribution < -0.4 is 0 Å². The van der Waals surface area contributed by atoms with Crippen LogP contribution in [0.4, 0.5) is 0 Å². The van der Waals surface area contributed by atoms with Gasteiger partial charge in [-0.2, -0.15) is 10.2 Å². The number of aromatic nitrogens is 4. The van der Waals surface area contributed by atoms with Crippen LogP contribution in [-0.2, 0) is 24.4 Å². The molecule has 0 aliphatic carbocycles. The molecule has 0 saturated carbocycles. The van der Waals surface area contributed by atoms with Crippen LogP contribution in [0.3, 0.4) is 0 Å². The summed E-state index contributed by atoms with van der Waals surface area (Å²) < 4.78 is 2.95. The summed E-state index contributed by atoms with van der Waals surface area (Å²) >= 11 is 0. The van der Waals surface area contributed by atoms with Crippen molar-refractivity contribution < 1.29 is 14.7 Å². The fourth-order valence-corrected chi connectivity index (χ4v) is 1.94. The van der Waals surface area contributed by atoms with Crippen molar-refractivity contribution >= 4 is 11.9 Å². The maximum Gasteiger partial charge on any atom is 0.325 e. The van der Waals surface area contributed by atoms with Crippen molar-refractivity contribution in [1.29, 1.82) is 0 Å². The Morgan fingerprint density at radius 3 is 2.76 bits per heavy atom. The molecule has 112 valence electrons. The van der Waals surface area contributed by atoms with Gasteiger partial charge in [-0.05, 0) is 19.1 Å². The zero-order valence-electron chi connectivity index (χ0n) is 11.9. The molecule has 0 atom stereocenters. The number of carboxylic acid groups (broad SMARTS) is 1. The highest BCUT2D eigenvalue weighted by atomic mass is 16.4. The normalized spacial score (nSPS) is 10.6.